The number of hydrogen-bond donors (Lipinski definition) is 3. The Morgan fingerprint density at radius 2 is 2.27 bits per heavy atom. The Balaban J connectivity index is 3.34. The quantitative estimate of drug-likeness (QED) is 0.329. The third kappa shape index (κ3) is 5.61. The van der Waals surface area contributed by atoms with Gasteiger partial charge in [0.2, 0.25) is 0 Å². The number of thiol groups is 1. The molecule has 0 unspecified atom stereocenters. The molecular weight excluding hydrogens is 180 g/mol. The summed E-state index contributed by atoms with van der Waals surface area (Å²) in [7, 11) is 0. The molecule has 0 bridgehead atoms. The minimum absolute atomic E-state index is 0.148. The van der Waals surface area contributed by atoms with E-state index in [2.05, 4.69) is 19.2 Å². The van der Waals surface area contributed by atoms with Gasteiger partial charge in [0, 0.05) is 16.8 Å². The number of thioether (sulfide) groups is 1. The fourth-order valence-corrected chi connectivity index (χ4v) is 1.68. The van der Waals surface area contributed by atoms with E-state index >= 15 is 0 Å². The molecule has 0 aliphatic rings. The van der Waals surface area contributed by atoms with Crippen molar-refractivity contribution in [3.05, 3.63) is 12.7 Å². The molecule has 66 valence electrons. The van der Waals surface area contributed by atoms with E-state index in [1.54, 1.807) is 17.8 Å². The molecular formula is C7H14O2S2. The van der Waals surface area contributed by atoms with Gasteiger partial charge in [0.1, 0.15) is 0 Å². The van der Waals surface area contributed by atoms with Gasteiger partial charge in [-0.2, -0.15) is 24.4 Å². The topological polar surface area (TPSA) is 40.5 Å². The van der Waals surface area contributed by atoms with Gasteiger partial charge in [0.25, 0.3) is 0 Å². The van der Waals surface area contributed by atoms with E-state index in [1.807, 2.05) is 0 Å². The summed E-state index contributed by atoms with van der Waals surface area (Å²) in [6.07, 6.45) is 1.09. The van der Waals surface area contributed by atoms with E-state index in [-0.39, 0.29) is 11.9 Å². The summed E-state index contributed by atoms with van der Waals surface area (Å²) < 4.78 is 0. The molecule has 0 heterocycles. The molecule has 0 aliphatic heterocycles. The third-order valence-corrected chi connectivity index (χ3v) is 3.00. The lowest BCUT2D eigenvalue weighted by Gasteiger charge is -2.14. The van der Waals surface area contributed by atoms with Gasteiger partial charge in [-0.05, 0) is 0 Å². The lowest BCUT2D eigenvalue weighted by molar-refractivity contribution is 0.0978. The van der Waals surface area contributed by atoms with Crippen LogP contribution in [0.2, 0.25) is 0 Å². The maximum Gasteiger partial charge on any atom is 0.0894 e. The van der Waals surface area contributed by atoms with Gasteiger partial charge in [-0.3, -0.25) is 0 Å². The molecule has 0 spiro atoms. The maximum absolute atomic E-state index is 9.06. The van der Waals surface area contributed by atoms with Crippen LogP contribution in [-0.4, -0.2) is 39.7 Å². The van der Waals surface area contributed by atoms with Crippen LogP contribution in [0.5, 0.6) is 0 Å². The van der Waals surface area contributed by atoms with Crippen LogP contribution in [0.15, 0.2) is 12.7 Å². The van der Waals surface area contributed by atoms with Gasteiger partial charge in [-0.1, -0.05) is 6.08 Å². The summed E-state index contributed by atoms with van der Waals surface area (Å²) in [5, 5.41) is 17.4. The Hall–Kier alpha value is 0.360. The predicted molar refractivity (Wildman–Crippen MR) is 53.4 cm³/mol. The molecule has 0 amide bonds. The lowest BCUT2D eigenvalue weighted by atomic mass is 10.3. The van der Waals surface area contributed by atoms with Crippen LogP contribution in [0.4, 0.5) is 0 Å². The van der Waals surface area contributed by atoms with Crippen molar-refractivity contribution in [2.75, 3.05) is 18.1 Å². The second kappa shape index (κ2) is 7.03. The van der Waals surface area contributed by atoms with Crippen molar-refractivity contribution in [3.63, 3.8) is 0 Å². The zero-order valence-electron chi connectivity index (χ0n) is 6.31. The summed E-state index contributed by atoms with van der Waals surface area (Å²) >= 11 is 5.75. The summed E-state index contributed by atoms with van der Waals surface area (Å²) in [6.45, 7) is 3.35. The Morgan fingerprint density at radius 1 is 1.64 bits per heavy atom. The smallest absolute Gasteiger partial charge is 0.0894 e. The van der Waals surface area contributed by atoms with Gasteiger partial charge in [0.05, 0.1) is 12.7 Å². The van der Waals surface area contributed by atoms with Gasteiger partial charge >= 0.3 is 0 Å². The first-order valence-electron chi connectivity index (χ1n) is 3.38. The Labute approximate surface area is 77.1 Å². The van der Waals surface area contributed by atoms with Crippen LogP contribution < -0.4 is 0 Å². The highest BCUT2D eigenvalue weighted by Crippen LogP contribution is 2.10. The molecule has 0 aromatic rings. The summed E-state index contributed by atoms with van der Waals surface area (Å²) in [6, 6.07) is 0. The van der Waals surface area contributed by atoms with Gasteiger partial charge in [0.15, 0.2) is 0 Å². The minimum Gasteiger partial charge on any atom is -0.394 e. The van der Waals surface area contributed by atoms with Gasteiger partial charge < -0.3 is 10.2 Å². The van der Waals surface area contributed by atoms with Crippen molar-refractivity contribution in [1.82, 2.24) is 0 Å². The highest BCUT2D eigenvalue weighted by atomic mass is 32.2. The zero-order chi connectivity index (χ0) is 8.69. The van der Waals surface area contributed by atoms with Crippen LogP contribution in [0.1, 0.15) is 0 Å². The third-order valence-electron chi connectivity index (χ3n) is 1.16. The molecule has 0 aromatic heterocycles. The number of hydrogen-bond acceptors (Lipinski definition) is 4. The molecule has 2 nitrogen and oxygen atoms in total. The largest absolute Gasteiger partial charge is 0.394 e. The summed E-state index contributed by atoms with van der Waals surface area (Å²) in [5.74, 6) is 1.59. The lowest BCUT2D eigenvalue weighted by Crippen LogP contribution is -2.26. The van der Waals surface area contributed by atoms with Crippen molar-refractivity contribution < 1.29 is 10.2 Å². The molecule has 2 atom stereocenters. The van der Waals surface area contributed by atoms with E-state index in [0.29, 0.717) is 0 Å². The maximum atomic E-state index is 9.06. The van der Waals surface area contributed by atoms with Crippen LogP contribution in [-0.2, 0) is 0 Å². The fourth-order valence-electron chi connectivity index (χ4n) is 0.505. The van der Waals surface area contributed by atoms with E-state index in [4.69, 9.17) is 10.2 Å². The Bertz CT molecular complexity index is 109. The molecule has 4 heteroatoms. The van der Waals surface area contributed by atoms with Crippen molar-refractivity contribution in [2.24, 2.45) is 0 Å². The first-order valence-corrected chi connectivity index (χ1v) is 5.05. The van der Waals surface area contributed by atoms with Crippen LogP contribution in [0.3, 0.4) is 0 Å². The highest BCUT2D eigenvalue weighted by Gasteiger charge is 2.12. The molecule has 0 rings (SSSR count). The van der Waals surface area contributed by atoms with E-state index in [1.165, 1.54) is 0 Å². The average Bonchev–Trinajstić information content (AvgIpc) is 2.03. The molecule has 0 aromatic carbocycles. The Morgan fingerprint density at radius 3 is 2.73 bits per heavy atom. The number of rotatable bonds is 6. The number of aliphatic hydroxyl groups excluding tert-OH is 2. The SMILES string of the molecule is C=CCSC[C@@H](S)[C@H](O)CO. The van der Waals surface area contributed by atoms with Gasteiger partial charge in [-0.15, -0.1) is 6.58 Å². The molecule has 0 saturated carbocycles. The zero-order valence-corrected chi connectivity index (χ0v) is 8.02. The van der Waals surface area contributed by atoms with Crippen LogP contribution in [0.25, 0.3) is 0 Å². The van der Waals surface area contributed by atoms with E-state index in [0.717, 1.165) is 11.5 Å². The second-order valence-corrected chi connectivity index (χ2v) is 3.88. The first-order chi connectivity index (χ1) is 5.22. The minimum atomic E-state index is -0.712. The van der Waals surface area contributed by atoms with Crippen molar-refractivity contribution >= 4 is 24.4 Å². The molecule has 0 fully saturated rings. The normalized spacial score (nSPS) is 15.9. The average molecular weight is 194 g/mol. The summed E-state index contributed by atoms with van der Waals surface area (Å²) in [5.41, 5.74) is 0. The highest BCUT2D eigenvalue weighted by molar-refractivity contribution is 8.00. The second-order valence-electron chi connectivity index (χ2n) is 2.14. The van der Waals surface area contributed by atoms with E-state index < -0.39 is 6.10 Å². The fraction of sp³-hybridized carbons (Fsp3) is 0.714. The van der Waals surface area contributed by atoms with Crippen molar-refractivity contribution in [1.29, 1.82) is 0 Å². The summed E-state index contributed by atoms with van der Waals surface area (Å²) in [4.78, 5) is 0. The van der Waals surface area contributed by atoms with E-state index in [9.17, 15) is 0 Å². The Kier molecular flexibility index (Phi) is 7.26. The first kappa shape index (κ1) is 11.4. The predicted octanol–water partition coefficient (Wildman–Crippen LogP) is 0.557. The van der Waals surface area contributed by atoms with Crippen LogP contribution >= 0.6 is 24.4 Å². The molecule has 2 N–H and O–H groups in total. The van der Waals surface area contributed by atoms with Gasteiger partial charge in [-0.25, -0.2) is 0 Å². The molecule has 0 radical (unpaired) electrons. The number of aliphatic hydroxyl groups is 2. The van der Waals surface area contributed by atoms with Crippen LogP contribution in [0, 0.1) is 0 Å². The van der Waals surface area contributed by atoms with Crippen molar-refractivity contribution in [3.8, 4) is 0 Å². The standard InChI is InChI=1S/C7H14O2S2/c1-2-3-11-5-7(10)6(9)4-8/h2,6-10H,1,3-5H2/t6-,7-/m1/s1. The van der Waals surface area contributed by atoms with Crippen molar-refractivity contribution in [2.45, 2.75) is 11.4 Å². The molecule has 11 heavy (non-hydrogen) atoms. The molecule has 0 saturated heterocycles. The molecule has 0 aliphatic carbocycles. The monoisotopic (exact) mass is 194 g/mol.